The summed E-state index contributed by atoms with van der Waals surface area (Å²) >= 11 is 0. The molecular formula is C16H18N3O10P. The summed E-state index contributed by atoms with van der Waals surface area (Å²) in [6.45, 7) is 0.936. The number of hydrogen-bond donors (Lipinski definition) is 3. The van der Waals surface area contributed by atoms with E-state index in [1.165, 1.54) is 31.3 Å². The van der Waals surface area contributed by atoms with E-state index in [0.29, 0.717) is 0 Å². The summed E-state index contributed by atoms with van der Waals surface area (Å²) in [5, 5.41) is 20.9. The van der Waals surface area contributed by atoms with Crippen LogP contribution in [0.25, 0.3) is 0 Å². The van der Waals surface area contributed by atoms with Gasteiger partial charge in [0.05, 0.1) is 23.7 Å². The number of aliphatic hydroxyl groups is 1. The van der Waals surface area contributed by atoms with Crippen LogP contribution in [0.15, 0.2) is 40.1 Å². The number of nitro groups is 1. The van der Waals surface area contributed by atoms with Gasteiger partial charge in [-0.25, -0.2) is 9.36 Å². The molecule has 0 bridgehead atoms. The molecule has 1 aromatic carbocycles. The number of hydrogen-bond acceptors (Lipinski definition) is 9. The maximum atomic E-state index is 12.1. The molecule has 1 aromatic heterocycles. The molecule has 2 heterocycles. The zero-order valence-electron chi connectivity index (χ0n) is 15.5. The molecule has 0 saturated carbocycles. The van der Waals surface area contributed by atoms with E-state index in [2.05, 4.69) is 4.98 Å². The fourth-order valence-electron chi connectivity index (χ4n) is 2.82. The number of benzene rings is 1. The number of phosphoric acid groups is 1. The molecule has 0 spiro atoms. The van der Waals surface area contributed by atoms with Crippen molar-refractivity contribution in [3.63, 3.8) is 0 Å². The topological polar surface area (TPSA) is 183 Å². The first-order valence-corrected chi connectivity index (χ1v) is 10.1. The Morgan fingerprint density at radius 1 is 1.43 bits per heavy atom. The number of nitro benzene ring substituents is 1. The highest BCUT2D eigenvalue weighted by atomic mass is 31.2. The van der Waals surface area contributed by atoms with Crippen molar-refractivity contribution >= 4 is 13.5 Å². The zero-order chi connectivity index (χ0) is 22.1. The molecule has 3 N–H and O–H groups in total. The quantitative estimate of drug-likeness (QED) is 0.311. The first kappa shape index (κ1) is 21.9. The van der Waals surface area contributed by atoms with E-state index in [4.69, 9.17) is 13.8 Å². The second kappa shape index (κ2) is 8.50. The van der Waals surface area contributed by atoms with E-state index in [1.807, 2.05) is 0 Å². The lowest BCUT2D eigenvalue weighted by atomic mass is 10.2. The van der Waals surface area contributed by atoms with Crippen LogP contribution in [0.4, 0.5) is 5.69 Å². The van der Waals surface area contributed by atoms with E-state index in [1.54, 1.807) is 0 Å². The number of aryl methyl sites for hydroxylation is 1. The zero-order valence-corrected chi connectivity index (χ0v) is 16.4. The Labute approximate surface area is 168 Å². The smallest absolute Gasteiger partial charge is 0.404 e. The number of non-ortho nitro benzene ring substituents is 1. The van der Waals surface area contributed by atoms with Crippen molar-refractivity contribution in [1.82, 2.24) is 9.55 Å². The molecule has 1 fully saturated rings. The lowest BCUT2D eigenvalue weighted by molar-refractivity contribution is -0.384. The summed E-state index contributed by atoms with van der Waals surface area (Å²) in [4.78, 5) is 45.5. The largest absolute Gasteiger partial charge is 0.527 e. The van der Waals surface area contributed by atoms with Gasteiger partial charge < -0.3 is 14.4 Å². The van der Waals surface area contributed by atoms with Crippen LogP contribution in [0.2, 0.25) is 0 Å². The fraction of sp³-hybridized carbons (Fsp3) is 0.375. The average molecular weight is 443 g/mol. The second-order valence-electron chi connectivity index (χ2n) is 6.52. The number of phosphoric ester groups is 1. The first-order valence-electron chi connectivity index (χ1n) is 8.63. The number of ether oxygens (including phenoxy) is 1. The number of aromatic nitrogens is 2. The molecule has 30 heavy (non-hydrogen) atoms. The Hall–Kier alpha value is -2.83. The van der Waals surface area contributed by atoms with Gasteiger partial charge in [0.2, 0.25) is 0 Å². The van der Waals surface area contributed by atoms with Crippen molar-refractivity contribution in [2.75, 3.05) is 6.61 Å². The van der Waals surface area contributed by atoms with E-state index in [9.17, 15) is 34.3 Å². The molecule has 2 aromatic rings. The van der Waals surface area contributed by atoms with Crippen molar-refractivity contribution in [3.05, 3.63) is 67.0 Å². The first-order chi connectivity index (χ1) is 14.1. The van der Waals surface area contributed by atoms with Crippen molar-refractivity contribution < 1.29 is 33.3 Å². The Bertz CT molecular complexity index is 1110. The fourth-order valence-corrected chi connectivity index (χ4v) is 3.58. The molecule has 3 rings (SSSR count). The van der Waals surface area contributed by atoms with Gasteiger partial charge in [0, 0.05) is 24.2 Å². The molecule has 0 aliphatic carbocycles. The third-order valence-electron chi connectivity index (χ3n) is 4.31. The minimum absolute atomic E-state index is 0.0269. The number of H-pyrrole nitrogens is 1. The van der Waals surface area contributed by atoms with Gasteiger partial charge >= 0.3 is 13.5 Å². The van der Waals surface area contributed by atoms with Gasteiger partial charge in [-0.15, -0.1) is 0 Å². The maximum absolute atomic E-state index is 12.1. The highest BCUT2D eigenvalue weighted by Crippen LogP contribution is 2.45. The lowest BCUT2D eigenvalue weighted by Gasteiger charge is -2.18. The van der Waals surface area contributed by atoms with E-state index in [-0.39, 0.29) is 23.4 Å². The number of rotatable bonds is 7. The Balaban J connectivity index is 1.64. The molecule has 1 aliphatic heterocycles. The average Bonchev–Trinajstić information content (AvgIpc) is 3.03. The predicted octanol–water partition coefficient (Wildman–Crippen LogP) is 0.598. The summed E-state index contributed by atoms with van der Waals surface area (Å²) < 4.78 is 28.4. The summed E-state index contributed by atoms with van der Waals surface area (Å²) in [5.74, 6) is -0.254. The van der Waals surface area contributed by atoms with Crippen LogP contribution in [0.1, 0.15) is 18.2 Å². The molecular weight excluding hydrogens is 425 g/mol. The van der Waals surface area contributed by atoms with Gasteiger partial charge in [-0.05, 0) is 13.0 Å². The minimum atomic E-state index is -4.69. The molecule has 1 saturated heterocycles. The number of nitrogens with zero attached hydrogens (tertiary/aromatic N) is 2. The summed E-state index contributed by atoms with van der Waals surface area (Å²) in [7, 11) is -4.69. The third kappa shape index (κ3) is 5.01. The van der Waals surface area contributed by atoms with Gasteiger partial charge in [0.1, 0.15) is 18.1 Å². The Morgan fingerprint density at radius 3 is 2.87 bits per heavy atom. The van der Waals surface area contributed by atoms with E-state index >= 15 is 0 Å². The van der Waals surface area contributed by atoms with Crippen LogP contribution in [0.5, 0.6) is 5.75 Å². The van der Waals surface area contributed by atoms with E-state index < -0.39 is 49.0 Å². The lowest BCUT2D eigenvalue weighted by Crippen LogP contribution is -2.33. The highest BCUT2D eigenvalue weighted by molar-refractivity contribution is 7.47. The monoisotopic (exact) mass is 443 g/mol. The number of nitrogens with one attached hydrogen (secondary N) is 1. The molecule has 0 radical (unpaired) electrons. The molecule has 0 amide bonds. The van der Waals surface area contributed by atoms with E-state index in [0.717, 1.165) is 10.6 Å². The summed E-state index contributed by atoms with van der Waals surface area (Å²) in [5.41, 5.74) is -1.36. The Morgan fingerprint density at radius 2 is 2.17 bits per heavy atom. The molecule has 13 nitrogen and oxygen atoms in total. The van der Waals surface area contributed by atoms with Gasteiger partial charge in [-0.1, -0.05) is 6.07 Å². The van der Waals surface area contributed by atoms with Crippen molar-refractivity contribution in [2.45, 2.75) is 31.8 Å². The highest BCUT2D eigenvalue weighted by Gasteiger charge is 2.38. The normalized spacial score (nSPS) is 23.1. The SMILES string of the molecule is Cc1cn([C@H]2CC(O)[C@@H](COP(=O)(O)Oc3cccc([N+](=O)[O-])c3)O2)c(=O)[nH]c1=O. The van der Waals surface area contributed by atoms with Crippen molar-refractivity contribution in [2.24, 2.45) is 0 Å². The second-order valence-corrected chi connectivity index (χ2v) is 7.90. The number of aliphatic hydroxyl groups excluding tert-OH is 1. The van der Waals surface area contributed by atoms with Crippen LogP contribution in [0.3, 0.4) is 0 Å². The van der Waals surface area contributed by atoms with Crippen LogP contribution in [-0.2, 0) is 13.8 Å². The molecule has 1 aliphatic rings. The van der Waals surface area contributed by atoms with Gasteiger partial charge in [-0.2, -0.15) is 0 Å². The third-order valence-corrected chi connectivity index (χ3v) is 5.23. The summed E-state index contributed by atoms with van der Waals surface area (Å²) in [6, 6.07) is 4.64. The molecule has 14 heteroatoms. The number of aromatic amines is 1. The van der Waals surface area contributed by atoms with Crippen LogP contribution >= 0.6 is 7.82 Å². The van der Waals surface area contributed by atoms with Gasteiger partial charge in [-0.3, -0.25) is 33.9 Å². The van der Waals surface area contributed by atoms with Crippen LogP contribution in [-0.4, -0.2) is 43.3 Å². The standard InChI is InChI=1S/C16H18N3O10P/c1-9-7-18(16(22)17-15(9)21)14-6-12(20)13(28-14)8-27-30(25,26)29-11-4-2-3-10(5-11)19(23)24/h2-5,7,12-14,20H,6,8H2,1H3,(H,25,26)(H,17,21,22)/t12?,13-,14-/m1/s1. The summed E-state index contributed by atoms with van der Waals surface area (Å²) in [6.07, 6.45) is -1.87. The molecule has 162 valence electrons. The molecule has 4 atom stereocenters. The predicted molar refractivity (Wildman–Crippen MR) is 100 cm³/mol. The van der Waals surface area contributed by atoms with Crippen molar-refractivity contribution in [3.8, 4) is 5.75 Å². The van der Waals surface area contributed by atoms with Crippen LogP contribution in [0, 0.1) is 17.0 Å². The van der Waals surface area contributed by atoms with Crippen LogP contribution < -0.4 is 15.8 Å². The van der Waals surface area contributed by atoms with Gasteiger partial charge in [0.25, 0.3) is 11.2 Å². The molecule has 2 unspecified atom stereocenters. The Kier molecular flexibility index (Phi) is 6.19. The van der Waals surface area contributed by atoms with Gasteiger partial charge in [0.15, 0.2) is 0 Å². The minimum Gasteiger partial charge on any atom is -0.404 e. The van der Waals surface area contributed by atoms with Crippen molar-refractivity contribution in [1.29, 1.82) is 0 Å². The maximum Gasteiger partial charge on any atom is 0.527 e.